The summed E-state index contributed by atoms with van der Waals surface area (Å²) in [4.78, 5) is 23.9. The highest BCUT2D eigenvalue weighted by Crippen LogP contribution is 2.27. The smallest absolute Gasteiger partial charge is 0.168 e. The fourth-order valence-electron chi connectivity index (χ4n) is 3.27. The standard InChI is InChI=1S/C18H23N3OS/c1-13-19-10-15(20-13)12-21-9-5-6-14(11-21)18(22)16-7-3-4-8-17(16)23-2/h3-4,7-8,10,14H,5-6,9,11-12H2,1-2H3,(H,19,20)/t14-/m1/s1. The summed E-state index contributed by atoms with van der Waals surface area (Å²) < 4.78 is 0. The van der Waals surface area contributed by atoms with Gasteiger partial charge in [0.15, 0.2) is 5.78 Å². The molecule has 0 radical (unpaired) electrons. The van der Waals surface area contributed by atoms with Crippen LogP contribution in [0.4, 0.5) is 0 Å². The minimum Gasteiger partial charge on any atom is -0.345 e. The summed E-state index contributed by atoms with van der Waals surface area (Å²) in [5.74, 6) is 1.33. The third-order valence-electron chi connectivity index (χ3n) is 4.40. The first kappa shape index (κ1) is 16.3. The van der Waals surface area contributed by atoms with Crippen LogP contribution in [0.2, 0.25) is 0 Å². The number of piperidine rings is 1. The number of rotatable bonds is 5. The lowest BCUT2D eigenvalue weighted by Gasteiger charge is -2.31. The lowest BCUT2D eigenvalue weighted by molar-refractivity contribution is 0.0807. The highest BCUT2D eigenvalue weighted by molar-refractivity contribution is 7.98. The van der Waals surface area contributed by atoms with Gasteiger partial charge in [-0.2, -0.15) is 0 Å². The number of carbonyl (C=O) groups is 1. The van der Waals surface area contributed by atoms with Crippen LogP contribution in [-0.2, 0) is 6.54 Å². The van der Waals surface area contributed by atoms with Crippen LogP contribution in [0, 0.1) is 12.8 Å². The molecule has 23 heavy (non-hydrogen) atoms. The SMILES string of the molecule is CSc1ccccc1C(=O)[C@@H]1CCCN(Cc2cnc(C)[nH]2)C1. The third kappa shape index (κ3) is 3.85. The molecule has 0 aliphatic carbocycles. The van der Waals surface area contributed by atoms with Gasteiger partial charge in [0, 0.05) is 41.4 Å². The van der Waals surface area contributed by atoms with E-state index in [1.165, 1.54) is 0 Å². The van der Waals surface area contributed by atoms with Gasteiger partial charge in [-0.25, -0.2) is 4.98 Å². The Labute approximate surface area is 141 Å². The maximum absolute atomic E-state index is 12.9. The zero-order valence-electron chi connectivity index (χ0n) is 13.7. The van der Waals surface area contributed by atoms with Crippen molar-refractivity contribution in [2.75, 3.05) is 19.3 Å². The summed E-state index contributed by atoms with van der Waals surface area (Å²) >= 11 is 1.65. The van der Waals surface area contributed by atoms with E-state index in [-0.39, 0.29) is 5.92 Å². The fraction of sp³-hybridized carbons (Fsp3) is 0.444. The van der Waals surface area contributed by atoms with Crippen molar-refractivity contribution in [1.82, 2.24) is 14.9 Å². The second-order valence-corrected chi connectivity index (χ2v) is 6.98. The van der Waals surface area contributed by atoms with Crippen molar-refractivity contribution >= 4 is 17.5 Å². The van der Waals surface area contributed by atoms with Gasteiger partial charge >= 0.3 is 0 Å². The first-order valence-electron chi connectivity index (χ1n) is 8.07. The van der Waals surface area contributed by atoms with Crippen LogP contribution in [0.1, 0.15) is 34.7 Å². The number of Topliss-reactive ketones (excluding diaryl/α,β-unsaturated/α-hetero) is 1. The Morgan fingerprint density at radius 3 is 3.00 bits per heavy atom. The van der Waals surface area contributed by atoms with Crippen molar-refractivity contribution in [2.24, 2.45) is 5.92 Å². The maximum atomic E-state index is 12.9. The maximum Gasteiger partial charge on any atom is 0.168 e. The average molecular weight is 329 g/mol. The van der Waals surface area contributed by atoms with Crippen molar-refractivity contribution in [3.63, 3.8) is 0 Å². The van der Waals surface area contributed by atoms with Crippen LogP contribution in [-0.4, -0.2) is 40.0 Å². The predicted molar refractivity (Wildman–Crippen MR) is 93.9 cm³/mol. The number of aryl methyl sites for hydroxylation is 1. The number of hydrogen-bond donors (Lipinski definition) is 1. The van der Waals surface area contributed by atoms with E-state index in [9.17, 15) is 4.79 Å². The number of nitrogens with one attached hydrogen (secondary N) is 1. The van der Waals surface area contributed by atoms with Gasteiger partial charge in [-0.15, -0.1) is 11.8 Å². The monoisotopic (exact) mass is 329 g/mol. The molecule has 122 valence electrons. The van der Waals surface area contributed by atoms with E-state index < -0.39 is 0 Å². The summed E-state index contributed by atoms with van der Waals surface area (Å²) in [5, 5.41) is 0. The van der Waals surface area contributed by atoms with Gasteiger partial charge in [0.05, 0.1) is 0 Å². The molecule has 1 fully saturated rings. The first-order chi connectivity index (χ1) is 11.2. The zero-order chi connectivity index (χ0) is 16.2. The number of aromatic nitrogens is 2. The van der Waals surface area contributed by atoms with Gasteiger partial charge in [-0.1, -0.05) is 18.2 Å². The van der Waals surface area contributed by atoms with E-state index in [0.29, 0.717) is 5.78 Å². The Morgan fingerprint density at radius 1 is 1.43 bits per heavy atom. The van der Waals surface area contributed by atoms with E-state index in [1.807, 2.05) is 43.6 Å². The number of imidazole rings is 1. The molecule has 0 amide bonds. The Bertz CT molecular complexity index is 682. The lowest BCUT2D eigenvalue weighted by atomic mass is 9.90. The largest absolute Gasteiger partial charge is 0.345 e. The Morgan fingerprint density at radius 2 is 2.26 bits per heavy atom. The lowest BCUT2D eigenvalue weighted by Crippen LogP contribution is -2.38. The summed E-state index contributed by atoms with van der Waals surface area (Å²) in [6, 6.07) is 7.95. The molecule has 0 saturated carbocycles. The van der Waals surface area contributed by atoms with Gasteiger partial charge < -0.3 is 4.98 Å². The number of likely N-dealkylation sites (tertiary alicyclic amines) is 1. The van der Waals surface area contributed by atoms with E-state index >= 15 is 0 Å². The Hall–Kier alpha value is -1.59. The van der Waals surface area contributed by atoms with Gasteiger partial charge in [0.25, 0.3) is 0 Å². The van der Waals surface area contributed by atoms with Crippen molar-refractivity contribution in [1.29, 1.82) is 0 Å². The molecule has 0 spiro atoms. The topological polar surface area (TPSA) is 49.0 Å². The van der Waals surface area contributed by atoms with Crippen LogP contribution in [0.5, 0.6) is 0 Å². The van der Waals surface area contributed by atoms with Crippen LogP contribution in [0.15, 0.2) is 35.4 Å². The van der Waals surface area contributed by atoms with E-state index in [0.717, 1.165) is 54.5 Å². The normalized spacial score (nSPS) is 19.0. The number of nitrogens with zero attached hydrogens (tertiary/aromatic N) is 2. The van der Waals surface area contributed by atoms with Gasteiger partial charge in [-0.05, 0) is 38.6 Å². The first-order valence-corrected chi connectivity index (χ1v) is 9.30. The summed E-state index contributed by atoms with van der Waals surface area (Å²) in [5.41, 5.74) is 2.00. The number of benzene rings is 1. The minimum absolute atomic E-state index is 0.0982. The highest BCUT2D eigenvalue weighted by atomic mass is 32.2. The number of carbonyl (C=O) groups excluding carboxylic acids is 1. The molecule has 4 nitrogen and oxygen atoms in total. The molecule has 3 rings (SSSR count). The number of hydrogen-bond acceptors (Lipinski definition) is 4. The molecule has 2 aromatic rings. The molecular formula is C18H23N3OS. The third-order valence-corrected chi connectivity index (χ3v) is 5.19. The minimum atomic E-state index is 0.0982. The molecule has 1 aliphatic rings. The van der Waals surface area contributed by atoms with Gasteiger partial charge in [-0.3, -0.25) is 9.69 Å². The van der Waals surface area contributed by atoms with E-state index in [1.54, 1.807) is 11.8 Å². The Balaban J connectivity index is 1.69. The highest BCUT2D eigenvalue weighted by Gasteiger charge is 2.27. The fourth-order valence-corrected chi connectivity index (χ4v) is 3.88. The molecule has 0 bridgehead atoms. The zero-order valence-corrected chi connectivity index (χ0v) is 14.5. The quantitative estimate of drug-likeness (QED) is 0.673. The van der Waals surface area contributed by atoms with Gasteiger partial charge in [0.2, 0.25) is 0 Å². The summed E-state index contributed by atoms with van der Waals surface area (Å²) in [6.45, 7) is 4.69. The number of H-pyrrole nitrogens is 1. The summed E-state index contributed by atoms with van der Waals surface area (Å²) in [6.07, 6.45) is 5.98. The summed E-state index contributed by atoms with van der Waals surface area (Å²) in [7, 11) is 0. The predicted octanol–water partition coefficient (Wildman–Crippen LogP) is 3.53. The molecule has 5 heteroatoms. The molecule has 2 heterocycles. The molecule has 1 aromatic heterocycles. The van der Waals surface area contributed by atoms with Crippen LogP contribution in [0.3, 0.4) is 0 Å². The van der Waals surface area contributed by atoms with E-state index in [2.05, 4.69) is 14.9 Å². The molecule has 1 saturated heterocycles. The van der Waals surface area contributed by atoms with Gasteiger partial charge in [0.1, 0.15) is 5.82 Å². The van der Waals surface area contributed by atoms with Crippen LogP contribution in [0.25, 0.3) is 0 Å². The van der Waals surface area contributed by atoms with Crippen molar-refractivity contribution in [3.8, 4) is 0 Å². The Kier molecular flexibility index (Phi) is 5.18. The number of thioether (sulfide) groups is 1. The molecule has 1 aliphatic heterocycles. The van der Waals surface area contributed by atoms with Crippen LogP contribution < -0.4 is 0 Å². The second kappa shape index (κ2) is 7.32. The number of aromatic amines is 1. The molecule has 1 N–H and O–H groups in total. The molecule has 1 atom stereocenters. The van der Waals surface area contributed by atoms with E-state index in [4.69, 9.17) is 0 Å². The van der Waals surface area contributed by atoms with Crippen molar-refractivity contribution in [2.45, 2.75) is 31.2 Å². The van der Waals surface area contributed by atoms with Crippen molar-refractivity contribution in [3.05, 3.63) is 47.5 Å². The molecule has 0 unspecified atom stereocenters. The second-order valence-electron chi connectivity index (χ2n) is 6.13. The molecule has 1 aromatic carbocycles. The van der Waals surface area contributed by atoms with Crippen molar-refractivity contribution < 1.29 is 4.79 Å². The number of ketones is 1. The average Bonchev–Trinajstić information content (AvgIpc) is 2.99. The molecular weight excluding hydrogens is 306 g/mol. The van der Waals surface area contributed by atoms with Crippen LogP contribution >= 0.6 is 11.8 Å².